The third kappa shape index (κ3) is 5.05. The Labute approximate surface area is 143 Å². The van der Waals surface area contributed by atoms with Gasteiger partial charge in [0.15, 0.2) is 0 Å². The van der Waals surface area contributed by atoms with Gasteiger partial charge in [-0.2, -0.15) is 0 Å². The Bertz CT molecular complexity index is 604. The van der Waals surface area contributed by atoms with Gasteiger partial charge in [0.2, 0.25) is 0 Å². The van der Waals surface area contributed by atoms with E-state index in [9.17, 15) is 4.39 Å². The first-order valence-electron chi connectivity index (χ1n) is 8.73. The number of nitrogens with zero attached hydrogens (tertiary/aromatic N) is 1. The van der Waals surface area contributed by atoms with Crippen LogP contribution in [0.25, 0.3) is 0 Å². The van der Waals surface area contributed by atoms with E-state index in [0.29, 0.717) is 0 Å². The first-order valence-corrected chi connectivity index (χ1v) is 8.73. The molecule has 0 radical (unpaired) electrons. The molecule has 0 saturated carbocycles. The highest BCUT2D eigenvalue weighted by Gasteiger charge is 2.09. The Morgan fingerprint density at radius 1 is 0.875 bits per heavy atom. The smallest absolute Gasteiger partial charge is 0.115 e. The van der Waals surface area contributed by atoms with E-state index in [1.807, 2.05) is 24.3 Å². The van der Waals surface area contributed by atoms with Crippen molar-refractivity contribution in [1.82, 2.24) is 10.2 Å². The standard InChI is InChI=1S/C20H26FN3/c21-15-18-5-7-20(8-6-18)23-10-9-17-1-3-19(4-2-17)16-24-13-11-22-12-14-24/h1-8,22-23H,9-16H2. The van der Waals surface area contributed by atoms with Gasteiger partial charge in [-0.3, -0.25) is 4.90 Å². The molecule has 0 atom stereocenters. The number of hydrogen-bond acceptors (Lipinski definition) is 3. The highest BCUT2D eigenvalue weighted by Crippen LogP contribution is 2.12. The molecule has 2 aromatic rings. The Kier molecular flexibility index (Phi) is 6.21. The third-order valence-corrected chi connectivity index (χ3v) is 4.49. The maximum atomic E-state index is 12.5. The molecule has 4 heteroatoms. The number of halogens is 1. The number of nitrogens with one attached hydrogen (secondary N) is 2. The minimum atomic E-state index is -0.402. The summed E-state index contributed by atoms with van der Waals surface area (Å²) in [5, 5.41) is 6.77. The van der Waals surface area contributed by atoms with Crippen LogP contribution >= 0.6 is 0 Å². The highest BCUT2D eigenvalue weighted by molar-refractivity contribution is 5.44. The van der Waals surface area contributed by atoms with Crippen molar-refractivity contribution in [1.29, 1.82) is 0 Å². The SMILES string of the molecule is FCc1ccc(NCCc2ccc(CN3CCNCC3)cc2)cc1. The quantitative estimate of drug-likeness (QED) is 0.818. The van der Waals surface area contributed by atoms with Crippen LogP contribution in [0, 0.1) is 0 Å². The number of alkyl halides is 1. The van der Waals surface area contributed by atoms with Crippen LogP contribution in [0.5, 0.6) is 0 Å². The molecule has 2 N–H and O–H groups in total. The number of anilines is 1. The summed E-state index contributed by atoms with van der Waals surface area (Å²) in [6, 6.07) is 16.5. The first kappa shape index (κ1) is 16.9. The molecule has 3 rings (SSSR count). The molecule has 1 heterocycles. The lowest BCUT2D eigenvalue weighted by atomic mass is 10.1. The molecule has 2 aromatic carbocycles. The van der Waals surface area contributed by atoms with Crippen LogP contribution in [0.2, 0.25) is 0 Å². The van der Waals surface area contributed by atoms with Gasteiger partial charge in [-0.05, 0) is 35.2 Å². The van der Waals surface area contributed by atoms with E-state index in [1.165, 1.54) is 11.1 Å². The summed E-state index contributed by atoms with van der Waals surface area (Å²) in [4.78, 5) is 2.49. The second-order valence-electron chi connectivity index (χ2n) is 6.35. The van der Waals surface area contributed by atoms with Crippen LogP contribution < -0.4 is 10.6 Å². The van der Waals surface area contributed by atoms with Crippen LogP contribution in [0.3, 0.4) is 0 Å². The minimum absolute atomic E-state index is 0.402. The van der Waals surface area contributed by atoms with Gasteiger partial charge in [-0.1, -0.05) is 36.4 Å². The lowest BCUT2D eigenvalue weighted by molar-refractivity contribution is 0.233. The Balaban J connectivity index is 1.43. The molecule has 24 heavy (non-hydrogen) atoms. The normalized spacial score (nSPS) is 15.4. The van der Waals surface area contributed by atoms with Crippen molar-refractivity contribution < 1.29 is 4.39 Å². The Morgan fingerprint density at radius 2 is 1.50 bits per heavy atom. The lowest BCUT2D eigenvalue weighted by Gasteiger charge is -2.27. The Hall–Kier alpha value is -1.91. The number of benzene rings is 2. The zero-order chi connectivity index (χ0) is 16.6. The molecule has 0 unspecified atom stereocenters. The minimum Gasteiger partial charge on any atom is -0.385 e. The van der Waals surface area contributed by atoms with Crippen LogP contribution in [-0.4, -0.2) is 37.6 Å². The molecule has 0 bridgehead atoms. The van der Waals surface area contributed by atoms with Gasteiger partial charge >= 0.3 is 0 Å². The van der Waals surface area contributed by atoms with Crippen molar-refractivity contribution in [2.45, 2.75) is 19.6 Å². The van der Waals surface area contributed by atoms with Crippen molar-refractivity contribution in [3.05, 3.63) is 65.2 Å². The fraction of sp³-hybridized carbons (Fsp3) is 0.400. The summed E-state index contributed by atoms with van der Waals surface area (Å²) in [5.74, 6) is 0. The zero-order valence-electron chi connectivity index (χ0n) is 14.1. The fourth-order valence-corrected chi connectivity index (χ4v) is 3.00. The predicted octanol–water partition coefficient (Wildman–Crippen LogP) is 3.22. The van der Waals surface area contributed by atoms with Crippen LogP contribution in [0.15, 0.2) is 48.5 Å². The van der Waals surface area contributed by atoms with Gasteiger partial charge in [0.05, 0.1) is 0 Å². The number of rotatable bonds is 7. The second kappa shape index (κ2) is 8.81. The van der Waals surface area contributed by atoms with Crippen LogP contribution in [0.4, 0.5) is 10.1 Å². The maximum Gasteiger partial charge on any atom is 0.115 e. The van der Waals surface area contributed by atoms with Gasteiger partial charge in [-0.15, -0.1) is 0 Å². The van der Waals surface area contributed by atoms with Gasteiger partial charge < -0.3 is 10.6 Å². The van der Waals surface area contributed by atoms with Gasteiger partial charge in [0.1, 0.15) is 6.67 Å². The molecule has 0 amide bonds. The van der Waals surface area contributed by atoms with Crippen molar-refractivity contribution in [2.75, 3.05) is 38.0 Å². The monoisotopic (exact) mass is 327 g/mol. The van der Waals surface area contributed by atoms with E-state index in [4.69, 9.17) is 0 Å². The lowest BCUT2D eigenvalue weighted by Crippen LogP contribution is -2.42. The van der Waals surface area contributed by atoms with Gasteiger partial charge in [0, 0.05) is 45.0 Å². The molecule has 0 aliphatic carbocycles. The topological polar surface area (TPSA) is 27.3 Å². The molecule has 1 aliphatic heterocycles. The second-order valence-corrected chi connectivity index (χ2v) is 6.35. The highest BCUT2D eigenvalue weighted by atomic mass is 19.1. The summed E-state index contributed by atoms with van der Waals surface area (Å²) in [6.07, 6.45) is 0.985. The van der Waals surface area contributed by atoms with Crippen LogP contribution in [-0.2, 0) is 19.6 Å². The molecule has 128 valence electrons. The van der Waals surface area contributed by atoms with Crippen molar-refractivity contribution in [2.24, 2.45) is 0 Å². The van der Waals surface area contributed by atoms with E-state index < -0.39 is 6.67 Å². The molecule has 3 nitrogen and oxygen atoms in total. The maximum absolute atomic E-state index is 12.5. The number of hydrogen-bond donors (Lipinski definition) is 2. The fourth-order valence-electron chi connectivity index (χ4n) is 3.00. The summed E-state index contributed by atoms with van der Waals surface area (Å²) in [7, 11) is 0. The average Bonchev–Trinajstić information content (AvgIpc) is 2.65. The van der Waals surface area contributed by atoms with Crippen molar-refractivity contribution >= 4 is 5.69 Å². The van der Waals surface area contributed by atoms with E-state index in [0.717, 1.165) is 56.9 Å². The first-order chi connectivity index (χ1) is 11.8. The van der Waals surface area contributed by atoms with Crippen molar-refractivity contribution in [3.63, 3.8) is 0 Å². The van der Waals surface area contributed by atoms with Gasteiger partial charge in [-0.25, -0.2) is 4.39 Å². The van der Waals surface area contributed by atoms with E-state index >= 15 is 0 Å². The average molecular weight is 327 g/mol. The predicted molar refractivity (Wildman–Crippen MR) is 98.0 cm³/mol. The summed E-state index contributed by atoms with van der Waals surface area (Å²) < 4.78 is 12.5. The third-order valence-electron chi connectivity index (χ3n) is 4.49. The summed E-state index contributed by atoms with van der Waals surface area (Å²) in [5.41, 5.74) is 4.49. The molecule has 0 spiro atoms. The molecule has 1 aliphatic rings. The molecular formula is C20H26FN3. The van der Waals surface area contributed by atoms with Crippen LogP contribution in [0.1, 0.15) is 16.7 Å². The summed E-state index contributed by atoms with van der Waals surface area (Å²) >= 11 is 0. The van der Waals surface area contributed by atoms with Gasteiger partial charge in [0.25, 0.3) is 0 Å². The van der Waals surface area contributed by atoms with E-state index in [2.05, 4.69) is 39.8 Å². The molecular weight excluding hydrogens is 301 g/mol. The largest absolute Gasteiger partial charge is 0.385 e. The van der Waals surface area contributed by atoms with Crippen molar-refractivity contribution in [3.8, 4) is 0 Å². The molecule has 0 aromatic heterocycles. The van der Waals surface area contributed by atoms with E-state index in [-0.39, 0.29) is 0 Å². The zero-order valence-corrected chi connectivity index (χ0v) is 14.1. The number of piperazine rings is 1. The molecule has 1 saturated heterocycles. The van der Waals surface area contributed by atoms with E-state index in [1.54, 1.807) is 0 Å². The Morgan fingerprint density at radius 3 is 2.17 bits per heavy atom. The molecule has 1 fully saturated rings. The summed E-state index contributed by atoms with van der Waals surface area (Å²) in [6.45, 7) is 5.97.